The van der Waals surface area contributed by atoms with Crippen LogP contribution in [0.4, 0.5) is 0 Å². The number of carbonyl (C=O) groups is 1. The van der Waals surface area contributed by atoms with Crippen molar-refractivity contribution in [2.45, 2.75) is 56.1 Å². The Kier molecular flexibility index (Phi) is 7.08. The first-order chi connectivity index (χ1) is 14.6. The van der Waals surface area contributed by atoms with Crippen molar-refractivity contribution in [3.8, 4) is 11.5 Å². The van der Waals surface area contributed by atoms with Gasteiger partial charge in [-0.15, -0.1) is 0 Å². The highest BCUT2D eigenvalue weighted by Gasteiger charge is 2.65. The van der Waals surface area contributed by atoms with E-state index in [9.17, 15) is 9.90 Å². The average molecular weight is 496 g/mol. The van der Waals surface area contributed by atoms with Gasteiger partial charge < -0.3 is 24.2 Å². The maximum absolute atomic E-state index is 12.2. The van der Waals surface area contributed by atoms with Gasteiger partial charge in [-0.1, -0.05) is 46.6 Å². The quantitative estimate of drug-likeness (QED) is 0.454. The Labute approximate surface area is 193 Å². The second kappa shape index (κ2) is 9.12. The predicted octanol–water partition coefficient (Wildman–Crippen LogP) is 4.04. The lowest BCUT2D eigenvalue weighted by atomic mass is 9.55. The molecule has 1 aliphatic heterocycles. The van der Waals surface area contributed by atoms with Gasteiger partial charge in [0.15, 0.2) is 11.5 Å². The van der Waals surface area contributed by atoms with Gasteiger partial charge in [0.2, 0.25) is 0 Å². The molecular formula is C24H34BrNO5. The summed E-state index contributed by atoms with van der Waals surface area (Å²) in [4.78, 5) is 13.8. The Morgan fingerprint density at radius 2 is 2.06 bits per heavy atom. The Balaban J connectivity index is 2.06. The molecule has 1 saturated heterocycles. The lowest BCUT2D eigenvalue weighted by Crippen LogP contribution is -2.73. The Morgan fingerprint density at radius 3 is 2.71 bits per heavy atom. The van der Waals surface area contributed by atoms with Gasteiger partial charge in [0.05, 0.1) is 23.0 Å². The van der Waals surface area contributed by atoms with E-state index in [1.54, 1.807) is 7.11 Å². The first-order valence-electron chi connectivity index (χ1n) is 10.8. The average Bonchev–Trinajstić information content (AvgIpc) is 2.67. The first-order valence-corrected chi connectivity index (χ1v) is 11.6. The molecule has 7 heteroatoms. The SMILES string of the molecule is COc1cccc(/C=C\[C@@]2(O)[C@@]3(Br)CCC[C@]2(COC(C)=O)CN(C)C3)c1OC(C)C. The molecule has 0 radical (unpaired) electrons. The van der Waals surface area contributed by atoms with Gasteiger partial charge >= 0.3 is 5.97 Å². The maximum atomic E-state index is 12.2. The van der Waals surface area contributed by atoms with Gasteiger partial charge in [0.25, 0.3) is 0 Å². The number of halogens is 1. The van der Waals surface area contributed by atoms with Crippen LogP contribution in [0.5, 0.6) is 11.5 Å². The van der Waals surface area contributed by atoms with Crippen LogP contribution in [0.3, 0.4) is 0 Å². The minimum absolute atomic E-state index is 0.0212. The molecule has 3 atom stereocenters. The summed E-state index contributed by atoms with van der Waals surface area (Å²) in [6.07, 6.45) is 6.32. The molecule has 0 aromatic heterocycles. The summed E-state index contributed by atoms with van der Waals surface area (Å²) >= 11 is 3.91. The normalized spacial score (nSPS) is 31.1. The van der Waals surface area contributed by atoms with Gasteiger partial charge in [-0.05, 0) is 39.8 Å². The first kappa shape index (κ1) is 24.1. The summed E-state index contributed by atoms with van der Waals surface area (Å²) in [7, 11) is 3.66. The summed E-state index contributed by atoms with van der Waals surface area (Å²) in [6.45, 7) is 6.86. The highest BCUT2D eigenvalue weighted by atomic mass is 79.9. The molecule has 2 fully saturated rings. The molecule has 1 saturated carbocycles. The van der Waals surface area contributed by atoms with E-state index in [0.29, 0.717) is 24.6 Å². The van der Waals surface area contributed by atoms with Gasteiger partial charge in [-0.2, -0.15) is 0 Å². The second-order valence-corrected chi connectivity index (χ2v) is 10.7. The largest absolute Gasteiger partial charge is 0.493 e. The Hall–Kier alpha value is -1.57. The minimum atomic E-state index is -1.21. The molecule has 3 rings (SSSR count). The van der Waals surface area contributed by atoms with Crippen molar-refractivity contribution in [1.29, 1.82) is 0 Å². The molecule has 172 valence electrons. The van der Waals surface area contributed by atoms with Crippen LogP contribution in [0.1, 0.15) is 45.6 Å². The highest BCUT2D eigenvalue weighted by Crippen LogP contribution is 2.58. The molecule has 6 nitrogen and oxygen atoms in total. The summed E-state index contributed by atoms with van der Waals surface area (Å²) in [5, 5.41) is 12.2. The van der Waals surface area contributed by atoms with E-state index in [-0.39, 0.29) is 18.7 Å². The van der Waals surface area contributed by atoms with Crippen molar-refractivity contribution in [3.05, 3.63) is 29.8 Å². The van der Waals surface area contributed by atoms with E-state index < -0.39 is 15.3 Å². The van der Waals surface area contributed by atoms with Gasteiger partial charge in [-0.3, -0.25) is 4.79 Å². The molecule has 1 heterocycles. The third kappa shape index (κ3) is 4.50. The fourth-order valence-corrected chi connectivity index (χ4v) is 6.41. The van der Waals surface area contributed by atoms with Crippen molar-refractivity contribution < 1.29 is 24.1 Å². The van der Waals surface area contributed by atoms with Gasteiger partial charge in [0.1, 0.15) is 12.2 Å². The number of hydrogen-bond donors (Lipinski definition) is 1. The number of fused-ring (bicyclic) bond motifs is 2. The van der Waals surface area contributed by atoms with Crippen molar-refractivity contribution in [1.82, 2.24) is 4.90 Å². The van der Waals surface area contributed by atoms with Gasteiger partial charge in [-0.25, -0.2) is 0 Å². The number of aliphatic hydroxyl groups is 1. The Morgan fingerprint density at radius 1 is 1.32 bits per heavy atom. The van der Waals surface area contributed by atoms with Crippen LogP contribution in [0.2, 0.25) is 0 Å². The number of ether oxygens (including phenoxy) is 3. The number of esters is 1. The second-order valence-electron chi connectivity index (χ2n) is 9.20. The van der Waals surface area contributed by atoms with Gasteiger partial charge in [0, 0.05) is 25.6 Å². The highest BCUT2D eigenvalue weighted by molar-refractivity contribution is 9.10. The van der Waals surface area contributed by atoms with E-state index >= 15 is 0 Å². The van der Waals surface area contributed by atoms with E-state index in [1.165, 1.54) is 6.92 Å². The number of benzene rings is 1. The van der Waals surface area contributed by atoms with E-state index in [1.807, 2.05) is 51.2 Å². The number of rotatable bonds is 7. The third-order valence-electron chi connectivity index (χ3n) is 6.45. The number of carbonyl (C=O) groups excluding carboxylic acids is 1. The molecule has 0 amide bonds. The minimum Gasteiger partial charge on any atom is -0.493 e. The van der Waals surface area contributed by atoms with Crippen LogP contribution in [0, 0.1) is 5.41 Å². The lowest BCUT2D eigenvalue weighted by Gasteiger charge is -2.62. The molecule has 2 aliphatic rings. The summed E-state index contributed by atoms with van der Waals surface area (Å²) < 4.78 is 16.5. The van der Waals surface area contributed by atoms with Crippen molar-refractivity contribution in [2.24, 2.45) is 5.41 Å². The summed E-state index contributed by atoms with van der Waals surface area (Å²) in [6, 6.07) is 5.72. The van der Waals surface area contributed by atoms with E-state index in [0.717, 1.165) is 24.8 Å². The third-order valence-corrected chi connectivity index (χ3v) is 7.70. The molecule has 31 heavy (non-hydrogen) atoms. The molecular weight excluding hydrogens is 462 g/mol. The van der Waals surface area contributed by atoms with Crippen molar-refractivity contribution in [2.75, 3.05) is 33.9 Å². The predicted molar refractivity (Wildman–Crippen MR) is 125 cm³/mol. The van der Waals surface area contributed by atoms with Crippen LogP contribution < -0.4 is 9.47 Å². The number of piperidine rings is 1. The van der Waals surface area contributed by atoms with Crippen LogP contribution in [-0.2, 0) is 9.53 Å². The molecule has 1 aromatic carbocycles. The number of para-hydroxylation sites is 1. The zero-order valence-electron chi connectivity index (χ0n) is 19.1. The fourth-order valence-electron chi connectivity index (χ4n) is 5.15. The molecule has 0 unspecified atom stereocenters. The number of likely N-dealkylation sites (tertiary alicyclic amines) is 1. The topological polar surface area (TPSA) is 68.2 Å². The molecule has 2 bridgehead atoms. The van der Waals surface area contributed by atoms with E-state index in [4.69, 9.17) is 14.2 Å². The Bertz CT molecular complexity index is 843. The zero-order chi connectivity index (χ0) is 22.9. The van der Waals surface area contributed by atoms with Crippen LogP contribution in [0.25, 0.3) is 6.08 Å². The number of nitrogens with zero attached hydrogens (tertiary/aromatic N) is 1. The van der Waals surface area contributed by atoms with Crippen LogP contribution in [-0.4, -0.2) is 65.9 Å². The fraction of sp³-hybridized carbons (Fsp3) is 0.625. The molecule has 0 spiro atoms. The maximum Gasteiger partial charge on any atom is 0.302 e. The van der Waals surface area contributed by atoms with Crippen molar-refractivity contribution in [3.63, 3.8) is 0 Å². The van der Waals surface area contributed by atoms with Crippen molar-refractivity contribution >= 4 is 28.0 Å². The zero-order valence-corrected chi connectivity index (χ0v) is 20.7. The molecule has 1 aromatic rings. The summed E-state index contributed by atoms with van der Waals surface area (Å²) in [5.41, 5.74) is -0.988. The number of methoxy groups -OCH3 is 1. The lowest BCUT2D eigenvalue weighted by molar-refractivity contribution is -0.180. The molecule has 1 N–H and O–H groups in total. The van der Waals surface area contributed by atoms with E-state index in [2.05, 4.69) is 20.8 Å². The van der Waals surface area contributed by atoms with Crippen LogP contribution in [0.15, 0.2) is 24.3 Å². The summed E-state index contributed by atoms with van der Waals surface area (Å²) in [5.74, 6) is 0.963. The monoisotopic (exact) mass is 495 g/mol. The smallest absolute Gasteiger partial charge is 0.302 e. The molecule has 1 aliphatic carbocycles. The number of alkyl halides is 1. The number of hydrogen-bond acceptors (Lipinski definition) is 6. The van der Waals surface area contributed by atoms with Crippen LogP contribution >= 0.6 is 15.9 Å². The standard InChI is InChI=1S/C24H34BrNO5/c1-17(2)31-21-19(8-6-9-20(21)29-5)10-13-24(28)22(16-30-18(3)27)11-7-12-23(24,25)15-26(4)14-22/h6,8-10,13,17,28H,7,11-12,14-16H2,1-5H3/b13-10-/t22-,23-,24+/m1/s1.